The lowest BCUT2D eigenvalue weighted by Crippen LogP contribution is -2.07. The second-order valence-electron chi connectivity index (χ2n) is 4.86. The molecule has 1 fully saturated rings. The van der Waals surface area contributed by atoms with Gasteiger partial charge in [0.1, 0.15) is 0 Å². The fraction of sp³-hybridized carbons (Fsp3) is 0.286. The van der Waals surface area contributed by atoms with Gasteiger partial charge in [-0.05, 0) is 31.0 Å². The number of nitrogens with zero attached hydrogens (tertiary/aromatic N) is 3. The number of hydrogen-bond acceptors (Lipinski definition) is 5. The Labute approximate surface area is 120 Å². The maximum Gasteiger partial charge on any atom is 0.358 e. The quantitative estimate of drug-likeness (QED) is 0.859. The predicted octanol–water partition coefficient (Wildman–Crippen LogP) is 1.63. The summed E-state index contributed by atoms with van der Waals surface area (Å²) in [5.74, 6) is -1.39. The first-order valence-electron chi connectivity index (χ1n) is 6.49. The number of rotatable bonds is 4. The van der Waals surface area contributed by atoms with Crippen molar-refractivity contribution in [3.05, 3.63) is 41.2 Å². The zero-order chi connectivity index (χ0) is 15.0. The van der Waals surface area contributed by atoms with Gasteiger partial charge in [-0.25, -0.2) is 14.3 Å². The molecule has 1 aliphatic carbocycles. The van der Waals surface area contributed by atoms with Crippen molar-refractivity contribution < 1.29 is 19.4 Å². The summed E-state index contributed by atoms with van der Waals surface area (Å²) in [5, 5.41) is 16.9. The van der Waals surface area contributed by atoms with Crippen LogP contribution in [0.3, 0.4) is 0 Å². The van der Waals surface area contributed by atoms with E-state index in [-0.39, 0.29) is 11.6 Å². The van der Waals surface area contributed by atoms with Crippen LogP contribution < -0.4 is 0 Å². The van der Waals surface area contributed by atoms with Gasteiger partial charge in [0.15, 0.2) is 5.69 Å². The third kappa shape index (κ3) is 2.37. The van der Waals surface area contributed by atoms with Crippen LogP contribution in [0.15, 0.2) is 24.3 Å². The van der Waals surface area contributed by atoms with Crippen LogP contribution in [0, 0.1) is 0 Å². The lowest BCUT2D eigenvalue weighted by atomic mass is 10.1. The first-order valence-corrected chi connectivity index (χ1v) is 6.49. The Morgan fingerprint density at radius 2 is 2.14 bits per heavy atom. The molecular formula is C14H13N3O4. The van der Waals surface area contributed by atoms with Crippen LogP contribution in [-0.4, -0.2) is 39.1 Å². The molecule has 108 valence electrons. The number of aromatic carboxylic acids is 1. The predicted molar refractivity (Wildman–Crippen MR) is 71.6 cm³/mol. The molecular weight excluding hydrogens is 274 g/mol. The van der Waals surface area contributed by atoms with Crippen molar-refractivity contribution >= 4 is 11.9 Å². The molecule has 7 heteroatoms. The molecule has 0 spiro atoms. The first-order chi connectivity index (χ1) is 10.1. The first kappa shape index (κ1) is 13.3. The molecule has 3 rings (SSSR count). The molecule has 1 saturated carbocycles. The summed E-state index contributed by atoms with van der Waals surface area (Å²) in [6.07, 6.45) is 1.84. The highest BCUT2D eigenvalue weighted by Gasteiger charge is 2.34. The maximum atomic E-state index is 11.6. The topological polar surface area (TPSA) is 94.3 Å². The van der Waals surface area contributed by atoms with Crippen molar-refractivity contribution in [2.24, 2.45) is 0 Å². The number of aromatic nitrogens is 3. The molecule has 0 unspecified atom stereocenters. The monoisotopic (exact) mass is 287 g/mol. The summed E-state index contributed by atoms with van der Waals surface area (Å²) >= 11 is 0. The van der Waals surface area contributed by atoms with Gasteiger partial charge in [-0.1, -0.05) is 11.3 Å². The minimum absolute atomic E-state index is 0.0269. The molecule has 1 aromatic carbocycles. The van der Waals surface area contributed by atoms with Gasteiger partial charge in [0.05, 0.1) is 24.1 Å². The van der Waals surface area contributed by atoms with E-state index in [0.717, 1.165) is 12.8 Å². The zero-order valence-corrected chi connectivity index (χ0v) is 11.3. The Bertz CT molecular complexity index is 719. The molecule has 1 aromatic heterocycles. The molecule has 1 aliphatic rings. The van der Waals surface area contributed by atoms with E-state index in [0.29, 0.717) is 16.9 Å². The lowest BCUT2D eigenvalue weighted by molar-refractivity contribution is 0.0599. The zero-order valence-electron chi connectivity index (χ0n) is 11.3. The largest absolute Gasteiger partial charge is 0.476 e. The van der Waals surface area contributed by atoms with Crippen molar-refractivity contribution in [1.29, 1.82) is 0 Å². The van der Waals surface area contributed by atoms with Gasteiger partial charge < -0.3 is 9.84 Å². The van der Waals surface area contributed by atoms with Crippen LogP contribution in [0.1, 0.15) is 45.3 Å². The van der Waals surface area contributed by atoms with Crippen LogP contribution >= 0.6 is 0 Å². The fourth-order valence-electron chi connectivity index (χ4n) is 2.24. The van der Waals surface area contributed by atoms with Crippen LogP contribution in [0.5, 0.6) is 0 Å². The number of carboxylic acid groups (broad SMARTS) is 1. The third-order valence-electron chi connectivity index (χ3n) is 3.38. The standard InChI is InChI=1S/C14H13N3O4/c1-21-14(20)9-3-2-4-10(7-9)17-12(8-5-6-8)11(13(18)19)15-16-17/h2-4,7-8H,5-6H2,1H3,(H,18,19). The average molecular weight is 287 g/mol. The van der Waals surface area contributed by atoms with Crippen molar-refractivity contribution in [3.63, 3.8) is 0 Å². The van der Waals surface area contributed by atoms with Crippen molar-refractivity contribution in [1.82, 2.24) is 15.0 Å². The SMILES string of the molecule is COC(=O)c1cccc(-n2nnc(C(=O)O)c2C2CC2)c1. The number of benzene rings is 1. The third-order valence-corrected chi connectivity index (χ3v) is 3.38. The van der Waals surface area contributed by atoms with Gasteiger partial charge in [-0.15, -0.1) is 5.10 Å². The maximum absolute atomic E-state index is 11.6. The molecule has 0 bridgehead atoms. The molecule has 1 N–H and O–H groups in total. The summed E-state index contributed by atoms with van der Waals surface area (Å²) in [7, 11) is 1.31. The highest BCUT2D eigenvalue weighted by atomic mass is 16.5. The highest BCUT2D eigenvalue weighted by Crippen LogP contribution is 2.41. The molecule has 0 aliphatic heterocycles. The van der Waals surface area contributed by atoms with Gasteiger partial charge in [0, 0.05) is 5.92 Å². The van der Waals surface area contributed by atoms with Gasteiger partial charge in [0.25, 0.3) is 0 Å². The van der Waals surface area contributed by atoms with E-state index >= 15 is 0 Å². The van der Waals surface area contributed by atoms with Crippen molar-refractivity contribution in [3.8, 4) is 5.69 Å². The van der Waals surface area contributed by atoms with Crippen LogP contribution in [0.4, 0.5) is 0 Å². The van der Waals surface area contributed by atoms with Crippen molar-refractivity contribution in [2.45, 2.75) is 18.8 Å². The number of hydrogen-bond donors (Lipinski definition) is 1. The molecule has 0 saturated heterocycles. The molecule has 0 radical (unpaired) electrons. The average Bonchev–Trinajstić information content (AvgIpc) is 3.24. The molecule has 21 heavy (non-hydrogen) atoms. The highest BCUT2D eigenvalue weighted by molar-refractivity contribution is 5.90. The van der Waals surface area contributed by atoms with E-state index in [9.17, 15) is 14.7 Å². The van der Waals surface area contributed by atoms with Crippen molar-refractivity contribution in [2.75, 3.05) is 7.11 Å². The Morgan fingerprint density at radius 3 is 2.76 bits per heavy atom. The molecule has 1 heterocycles. The van der Waals surface area contributed by atoms with Gasteiger partial charge in [-0.3, -0.25) is 0 Å². The van der Waals surface area contributed by atoms with E-state index in [4.69, 9.17) is 0 Å². The van der Waals surface area contributed by atoms with Crippen LogP contribution in [0.2, 0.25) is 0 Å². The Morgan fingerprint density at radius 1 is 1.38 bits per heavy atom. The molecule has 0 amide bonds. The molecule has 0 atom stereocenters. The van der Waals surface area contributed by atoms with Crippen LogP contribution in [0.25, 0.3) is 5.69 Å². The number of carboxylic acids is 1. The lowest BCUT2D eigenvalue weighted by Gasteiger charge is -2.07. The van der Waals surface area contributed by atoms with E-state index < -0.39 is 11.9 Å². The van der Waals surface area contributed by atoms with E-state index in [1.807, 2.05) is 0 Å². The fourth-order valence-corrected chi connectivity index (χ4v) is 2.24. The smallest absolute Gasteiger partial charge is 0.358 e. The number of esters is 1. The summed E-state index contributed by atoms with van der Waals surface area (Å²) in [6, 6.07) is 6.68. The number of ether oxygens (including phenoxy) is 1. The molecule has 2 aromatic rings. The minimum Gasteiger partial charge on any atom is -0.476 e. The minimum atomic E-state index is -1.09. The summed E-state index contributed by atoms with van der Waals surface area (Å²) < 4.78 is 6.18. The number of methoxy groups -OCH3 is 1. The van der Waals surface area contributed by atoms with E-state index in [2.05, 4.69) is 15.0 Å². The Hall–Kier alpha value is -2.70. The summed E-state index contributed by atoms with van der Waals surface area (Å²) in [6.45, 7) is 0. The Kier molecular flexibility index (Phi) is 3.17. The van der Waals surface area contributed by atoms with E-state index in [1.165, 1.54) is 11.8 Å². The second-order valence-corrected chi connectivity index (χ2v) is 4.86. The second kappa shape index (κ2) is 5.01. The number of carbonyl (C=O) groups excluding carboxylic acids is 1. The van der Waals surface area contributed by atoms with Gasteiger partial charge >= 0.3 is 11.9 Å². The number of carbonyl (C=O) groups is 2. The van der Waals surface area contributed by atoms with E-state index in [1.54, 1.807) is 24.3 Å². The van der Waals surface area contributed by atoms with Gasteiger partial charge in [0.2, 0.25) is 0 Å². The summed E-state index contributed by atoms with van der Waals surface area (Å²) in [4.78, 5) is 22.8. The summed E-state index contributed by atoms with van der Waals surface area (Å²) in [5.41, 5.74) is 1.54. The van der Waals surface area contributed by atoms with Crippen LogP contribution in [-0.2, 0) is 4.74 Å². The van der Waals surface area contributed by atoms with Gasteiger partial charge in [-0.2, -0.15) is 0 Å². The molecule has 7 nitrogen and oxygen atoms in total. The normalized spacial score (nSPS) is 14.0. The Balaban J connectivity index is 2.08.